The van der Waals surface area contributed by atoms with Crippen LogP contribution in [0.4, 0.5) is 5.88 Å². The van der Waals surface area contributed by atoms with Crippen molar-refractivity contribution in [3.05, 3.63) is 41.4 Å². The normalized spacial score (nSPS) is 14.8. The van der Waals surface area contributed by atoms with E-state index >= 15 is 0 Å². The summed E-state index contributed by atoms with van der Waals surface area (Å²) < 4.78 is 11.2. The Labute approximate surface area is 141 Å². The lowest BCUT2D eigenvalue weighted by atomic mass is 10.2. The van der Waals surface area contributed by atoms with Gasteiger partial charge in [-0.05, 0) is 30.7 Å². The number of aromatic nitrogens is 1. The number of nitrogens with zero attached hydrogens (tertiary/aromatic N) is 3. The molecular formula is C18H20N4O2. The van der Waals surface area contributed by atoms with Gasteiger partial charge in [-0.15, -0.1) is 0 Å². The number of oxazole rings is 1. The molecule has 0 saturated carbocycles. The number of benzene rings is 1. The van der Waals surface area contributed by atoms with Gasteiger partial charge in [0.25, 0.3) is 0 Å². The molecule has 1 saturated heterocycles. The second-order valence-electron chi connectivity index (χ2n) is 5.39. The fourth-order valence-corrected chi connectivity index (χ4v) is 2.56. The maximum Gasteiger partial charge on any atom is 0.235 e. The van der Waals surface area contributed by atoms with Crippen LogP contribution in [0.5, 0.6) is 5.75 Å². The Hall–Kier alpha value is -2.78. The van der Waals surface area contributed by atoms with Crippen LogP contribution in [-0.4, -0.2) is 37.8 Å². The zero-order valence-electron chi connectivity index (χ0n) is 13.7. The number of piperazine rings is 1. The van der Waals surface area contributed by atoms with Gasteiger partial charge in [-0.1, -0.05) is 12.1 Å². The summed E-state index contributed by atoms with van der Waals surface area (Å²) in [5.41, 5.74) is 1.35. The van der Waals surface area contributed by atoms with Gasteiger partial charge in [0.1, 0.15) is 11.8 Å². The quantitative estimate of drug-likeness (QED) is 0.911. The van der Waals surface area contributed by atoms with Crippen LogP contribution in [-0.2, 0) is 0 Å². The minimum atomic E-state index is 0.336. The van der Waals surface area contributed by atoms with E-state index in [0.29, 0.717) is 24.1 Å². The fourth-order valence-electron chi connectivity index (χ4n) is 2.56. The Morgan fingerprint density at radius 3 is 2.71 bits per heavy atom. The van der Waals surface area contributed by atoms with Crippen molar-refractivity contribution >= 4 is 18.0 Å². The molecule has 0 radical (unpaired) electrons. The van der Waals surface area contributed by atoms with Gasteiger partial charge in [-0.3, -0.25) is 0 Å². The van der Waals surface area contributed by atoms with Gasteiger partial charge in [-0.2, -0.15) is 10.2 Å². The Morgan fingerprint density at radius 1 is 1.29 bits per heavy atom. The van der Waals surface area contributed by atoms with Crippen LogP contribution in [0.2, 0.25) is 0 Å². The number of nitriles is 1. The summed E-state index contributed by atoms with van der Waals surface area (Å²) in [6.07, 6.45) is 3.69. The zero-order chi connectivity index (χ0) is 16.8. The second-order valence-corrected chi connectivity index (χ2v) is 5.39. The van der Waals surface area contributed by atoms with Gasteiger partial charge in [-0.25, -0.2) is 0 Å². The molecule has 124 valence electrons. The van der Waals surface area contributed by atoms with Gasteiger partial charge in [0.15, 0.2) is 0 Å². The van der Waals surface area contributed by atoms with E-state index in [1.165, 1.54) is 0 Å². The van der Waals surface area contributed by atoms with E-state index in [0.717, 1.165) is 37.5 Å². The van der Waals surface area contributed by atoms with E-state index in [9.17, 15) is 5.26 Å². The summed E-state index contributed by atoms with van der Waals surface area (Å²) >= 11 is 0. The van der Waals surface area contributed by atoms with E-state index in [1.54, 1.807) is 6.08 Å². The molecule has 3 rings (SSSR count). The number of hydrogen-bond acceptors (Lipinski definition) is 6. The van der Waals surface area contributed by atoms with Crippen molar-refractivity contribution in [1.29, 1.82) is 5.26 Å². The van der Waals surface area contributed by atoms with E-state index in [2.05, 4.69) is 21.3 Å². The van der Waals surface area contributed by atoms with Crippen molar-refractivity contribution in [3.8, 4) is 11.8 Å². The monoisotopic (exact) mass is 324 g/mol. The summed E-state index contributed by atoms with van der Waals surface area (Å²) in [5, 5.41) is 12.6. The summed E-state index contributed by atoms with van der Waals surface area (Å²) in [6.45, 7) is 5.99. The number of nitrogens with one attached hydrogen (secondary N) is 1. The molecule has 0 aliphatic carbocycles. The van der Waals surface area contributed by atoms with Crippen LogP contribution < -0.4 is 15.0 Å². The smallest absolute Gasteiger partial charge is 0.235 e. The Morgan fingerprint density at radius 2 is 2.04 bits per heavy atom. The average Bonchev–Trinajstić information content (AvgIpc) is 3.05. The molecule has 1 fully saturated rings. The van der Waals surface area contributed by atoms with Gasteiger partial charge in [0.05, 0.1) is 6.61 Å². The SMILES string of the molecule is CCOc1ccc(/C=C/c2nc(C#N)c(N3CCNCC3)o2)cc1. The van der Waals surface area contributed by atoms with Crippen molar-refractivity contribution in [2.45, 2.75) is 6.92 Å². The molecule has 1 aliphatic rings. The summed E-state index contributed by atoms with van der Waals surface area (Å²) in [7, 11) is 0. The third kappa shape index (κ3) is 3.76. The topological polar surface area (TPSA) is 74.3 Å². The molecule has 0 unspecified atom stereocenters. The first-order valence-corrected chi connectivity index (χ1v) is 8.07. The van der Waals surface area contributed by atoms with Crippen LogP contribution in [0, 0.1) is 11.3 Å². The van der Waals surface area contributed by atoms with Crippen molar-refractivity contribution in [3.63, 3.8) is 0 Å². The highest BCUT2D eigenvalue weighted by atomic mass is 16.5. The largest absolute Gasteiger partial charge is 0.494 e. The maximum atomic E-state index is 9.28. The van der Waals surface area contributed by atoms with E-state index < -0.39 is 0 Å². The average molecular weight is 324 g/mol. The van der Waals surface area contributed by atoms with Crippen molar-refractivity contribution in [2.75, 3.05) is 37.7 Å². The third-order valence-corrected chi connectivity index (χ3v) is 3.75. The number of ether oxygens (including phenoxy) is 1. The molecule has 0 atom stereocenters. The zero-order valence-corrected chi connectivity index (χ0v) is 13.7. The first kappa shape index (κ1) is 16.1. The fraction of sp³-hybridized carbons (Fsp3) is 0.333. The lowest BCUT2D eigenvalue weighted by Gasteiger charge is -2.26. The molecular weight excluding hydrogens is 304 g/mol. The number of rotatable bonds is 5. The lowest BCUT2D eigenvalue weighted by Crippen LogP contribution is -2.43. The van der Waals surface area contributed by atoms with Gasteiger partial charge >= 0.3 is 0 Å². The summed E-state index contributed by atoms with van der Waals surface area (Å²) in [4.78, 5) is 6.32. The van der Waals surface area contributed by atoms with E-state index in [-0.39, 0.29) is 0 Å². The Balaban J connectivity index is 1.75. The van der Waals surface area contributed by atoms with Crippen molar-refractivity contribution < 1.29 is 9.15 Å². The van der Waals surface area contributed by atoms with Crippen LogP contribution in [0.3, 0.4) is 0 Å². The van der Waals surface area contributed by atoms with E-state index in [4.69, 9.17) is 9.15 Å². The van der Waals surface area contributed by atoms with Gasteiger partial charge < -0.3 is 19.4 Å². The van der Waals surface area contributed by atoms with Crippen molar-refractivity contribution in [1.82, 2.24) is 10.3 Å². The van der Waals surface area contributed by atoms with Crippen LogP contribution in [0.15, 0.2) is 28.7 Å². The predicted molar refractivity (Wildman–Crippen MR) is 92.8 cm³/mol. The molecule has 0 bridgehead atoms. The number of anilines is 1. The molecule has 1 N–H and O–H groups in total. The van der Waals surface area contributed by atoms with Crippen LogP contribution in [0.25, 0.3) is 12.2 Å². The highest BCUT2D eigenvalue weighted by molar-refractivity contribution is 5.67. The molecule has 1 aromatic heterocycles. The van der Waals surface area contributed by atoms with Gasteiger partial charge in [0.2, 0.25) is 17.5 Å². The lowest BCUT2D eigenvalue weighted by molar-refractivity contribution is 0.340. The first-order chi connectivity index (χ1) is 11.8. The minimum Gasteiger partial charge on any atom is -0.494 e. The molecule has 6 heteroatoms. The summed E-state index contributed by atoms with van der Waals surface area (Å²) in [5.74, 6) is 1.85. The molecule has 2 aromatic rings. The molecule has 0 amide bonds. The van der Waals surface area contributed by atoms with Crippen LogP contribution in [0.1, 0.15) is 24.1 Å². The minimum absolute atomic E-state index is 0.336. The van der Waals surface area contributed by atoms with E-state index in [1.807, 2.05) is 37.3 Å². The molecule has 2 heterocycles. The predicted octanol–water partition coefficient (Wildman–Crippen LogP) is 2.52. The maximum absolute atomic E-state index is 9.28. The molecule has 1 aromatic carbocycles. The Kier molecular flexibility index (Phi) is 5.14. The van der Waals surface area contributed by atoms with Crippen LogP contribution >= 0.6 is 0 Å². The molecule has 6 nitrogen and oxygen atoms in total. The second kappa shape index (κ2) is 7.66. The molecule has 0 spiro atoms. The summed E-state index contributed by atoms with van der Waals surface area (Å²) in [6, 6.07) is 9.89. The Bertz CT molecular complexity index is 737. The first-order valence-electron chi connectivity index (χ1n) is 8.07. The number of hydrogen-bond donors (Lipinski definition) is 1. The van der Waals surface area contributed by atoms with Crippen molar-refractivity contribution in [2.24, 2.45) is 0 Å². The molecule has 24 heavy (non-hydrogen) atoms. The highest BCUT2D eigenvalue weighted by Crippen LogP contribution is 2.23. The van der Waals surface area contributed by atoms with Gasteiger partial charge in [0, 0.05) is 32.3 Å². The molecule has 1 aliphatic heterocycles. The standard InChI is InChI=1S/C18H20N4O2/c1-2-23-15-6-3-14(4-7-15)5-8-17-21-16(13-19)18(24-17)22-11-9-20-10-12-22/h3-8,20H,2,9-12H2,1H3/b8-5+. The third-order valence-electron chi connectivity index (χ3n) is 3.75. The highest BCUT2D eigenvalue weighted by Gasteiger charge is 2.20.